The van der Waals surface area contributed by atoms with E-state index in [0.717, 1.165) is 0 Å². The summed E-state index contributed by atoms with van der Waals surface area (Å²) < 4.78 is 19.1. The maximum atomic E-state index is 11.3. The van der Waals surface area contributed by atoms with E-state index in [1.165, 1.54) is 0 Å². The van der Waals surface area contributed by atoms with E-state index in [1.807, 2.05) is 0 Å². The SMILES string of the molecule is Cl.NN=C(N)NOP(=O)(O)OC(=O)[C@H](O)[C@@H](O)[C@H](O)[C@H](O)CO.[CaH2]. The van der Waals surface area contributed by atoms with Crippen molar-refractivity contribution in [2.45, 2.75) is 24.4 Å². The zero-order valence-electron chi connectivity index (χ0n) is 11.3. The van der Waals surface area contributed by atoms with Gasteiger partial charge in [0, 0.05) is 0 Å². The van der Waals surface area contributed by atoms with Gasteiger partial charge in [-0.25, -0.2) is 14.8 Å². The molecule has 17 heteroatoms. The van der Waals surface area contributed by atoms with Gasteiger partial charge in [-0.2, -0.15) is 4.62 Å². The Bertz CT molecular complexity index is 459. The van der Waals surface area contributed by atoms with Gasteiger partial charge in [-0.1, -0.05) is 0 Å². The van der Waals surface area contributed by atoms with Crippen LogP contribution in [0.5, 0.6) is 0 Å². The van der Waals surface area contributed by atoms with Crippen LogP contribution in [0.4, 0.5) is 0 Å². The Morgan fingerprint density at radius 1 is 1.25 bits per heavy atom. The molecule has 24 heavy (non-hydrogen) atoms. The summed E-state index contributed by atoms with van der Waals surface area (Å²) in [6.07, 6.45) is -8.86. The van der Waals surface area contributed by atoms with Gasteiger partial charge in [0.2, 0.25) is 5.96 Å². The van der Waals surface area contributed by atoms with Gasteiger partial charge >= 0.3 is 51.5 Å². The van der Waals surface area contributed by atoms with Crippen molar-refractivity contribution in [3.63, 3.8) is 0 Å². The number of aliphatic hydroxyl groups excluding tert-OH is 5. The van der Waals surface area contributed by atoms with E-state index in [9.17, 15) is 24.7 Å². The average molecular weight is 427 g/mol. The third-order valence-corrected chi connectivity index (χ3v) is 2.84. The van der Waals surface area contributed by atoms with E-state index in [-0.39, 0.29) is 50.1 Å². The number of hydrogen-bond acceptors (Lipinski definition) is 11. The van der Waals surface area contributed by atoms with Crippen LogP contribution in [0.1, 0.15) is 0 Å². The quantitative estimate of drug-likeness (QED) is 0.0438. The van der Waals surface area contributed by atoms with Crippen LogP contribution in [-0.4, -0.2) is 111 Å². The summed E-state index contributed by atoms with van der Waals surface area (Å²) in [5.74, 6) is 2.15. The van der Waals surface area contributed by atoms with Crippen molar-refractivity contribution in [1.82, 2.24) is 5.48 Å². The Kier molecular flexibility index (Phi) is 15.9. The number of nitrogens with zero attached hydrogens (tertiary/aromatic N) is 1. The van der Waals surface area contributed by atoms with Crippen molar-refractivity contribution in [2.24, 2.45) is 16.7 Å². The molecule has 0 aromatic heterocycles. The molecular formula is C7H20CaClN4O10P. The van der Waals surface area contributed by atoms with Crippen LogP contribution in [0, 0.1) is 0 Å². The molecular weight excluding hydrogens is 407 g/mol. The van der Waals surface area contributed by atoms with Gasteiger partial charge in [0.15, 0.2) is 6.10 Å². The Labute approximate surface area is 171 Å². The zero-order chi connectivity index (χ0) is 17.5. The number of phosphoric ester groups is 1. The molecule has 0 aliphatic carbocycles. The molecule has 0 aliphatic heterocycles. The van der Waals surface area contributed by atoms with Crippen LogP contribution in [-0.2, 0) is 18.5 Å². The summed E-state index contributed by atoms with van der Waals surface area (Å²) in [6.45, 7) is -0.983. The summed E-state index contributed by atoms with van der Waals surface area (Å²) in [5.41, 5.74) is 6.49. The number of carbonyl (C=O) groups excluding carboxylic acids is 1. The first kappa shape index (κ1) is 28.8. The van der Waals surface area contributed by atoms with Gasteiger partial charge in [-0.05, 0) is 0 Å². The summed E-state index contributed by atoms with van der Waals surface area (Å²) in [7, 11) is -5.11. The van der Waals surface area contributed by atoms with Gasteiger partial charge < -0.3 is 41.6 Å². The zero-order valence-corrected chi connectivity index (χ0v) is 13.0. The summed E-state index contributed by atoms with van der Waals surface area (Å²) in [6, 6.07) is 0. The molecule has 0 bridgehead atoms. The molecule has 0 radical (unpaired) electrons. The molecule has 0 aromatic rings. The second kappa shape index (κ2) is 13.3. The number of guanidine groups is 1. The molecule has 0 aromatic carbocycles. The van der Waals surface area contributed by atoms with Crippen molar-refractivity contribution >= 4 is 69.9 Å². The molecule has 0 fully saturated rings. The number of nitrogens with two attached hydrogens (primary N) is 2. The van der Waals surface area contributed by atoms with Crippen molar-refractivity contribution in [1.29, 1.82) is 0 Å². The van der Waals surface area contributed by atoms with Crippen molar-refractivity contribution in [2.75, 3.05) is 6.61 Å². The molecule has 0 amide bonds. The minimum absolute atomic E-state index is 0. The van der Waals surface area contributed by atoms with E-state index >= 15 is 0 Å². The molecule has 0 aliphatic rings. The van der Waals surface area contributed by atoms with E-state index in [4.69, 9.17) is 20.8 Å². The van der Waals surface area contributed by atoms with Crippen molar-refractivity contribution < 1.29 is 48.9 Å². The standard InChI is InChI=1S/C7H17N4O10P.Ca.ClH.2H/c8-7(10-9)11-21-22(18,19)20-6(17)5(16)4(15)3(14)2(13)1-12;;;;/h2-5,12-16H,1,9H2,(H,18,19)(H3,8,10,11);;1H;;/t2-,3-,4+,5-;;;;/m1..../s1. The van der Waals surface area contributed by atoms with Crippen LogP contribution < -0.4 is 17.1 Å². The Hall–Kier alpha value is 0.0397. The molecule has 14 nitrogen and oxygen atoms in total. The average Bonchev–Trinajstić information content (AvgIpc) is 2.48. The Morgan fingerprint density at radius 2 is 1.75 bits per heavy atom. The number of carbonyl (C=O) groups is 1. The van der Waals surface area contributed by atoms with E-state index in [0.29, 0.717) is 0 Å². The number of nitrogens with one attached hydrogen (secondary N) is 1. The fraction of sp³-hybridized carbons (Fsp3) is 0.714. The number of rotatable bonds is 8. The molecule has 0 rings (SSSR count). The minimum atomic E-state index is -5.11. The number of phosphoric acid groups is 1. The van der Waals surface area contributed by atoms with Crippen LogP contribution in [0.3, 0.4) is 0 Å². The first-order valence-corrected chi connectivity index (χ1v) is 6.92. The second-order valence-corrected chi connectivity index (χ2v) is 5.06. The van der Waals surface area contributed by atoms with Gasteiger partial charge in [-0.3, -0.25) is 4.89 Å². The Morgan fingerprint density at radius 3 is 2.17 bits per heavy atom. The fourth-order valence-electron chi connectivity index (χ4n) is 0.979. The van der Waals surface area contributed by atoms with Gasteiger partial charge in [-0.15, -0.1) is 17.5 Å². The van der Waals surface area contributed by atoms with E-state index < -0.39 is 50.8 Å². The first-order chi connectivity index (χ1) is 10.1. The molecule has 0 saturated heterocycles. The third-order valence-electron chi connectivity index (χ3n) is 2.11. The van der Waals surface area contributed by atoms with Gasteiger partial charge in [0.1, 0.15) is 18.3 Å². The molecule has 142 valence electrons. The summed E-state index contributed by atoms with van der Waals surface area (Å²) in [5, 5.41) is 48.3. The topological polar surface area (TPSA) is 250 Å². The van der Waals surface area contributed by atoms with Crippen LogP contribution in [0.15, 0.2) is 5.10 Å². The number of hydrogen-bond donors (Lipinski definition) is 9. The number of halogens is 1. The normalized spacial score (nSPS) is 18.7. The van der Waals surface area contributed by atoms with Crippen LogP contribution in [0.2, 0.25) is 0 Å². The molecule has 5 atom stereocenters. The first-order valence-electron chi connectivity index (χ1n) is 5.43. The fourth-order valence-corrected chi connectivity index (χ4v) is 1.56. The second-order valence-electron chi connectivity index (χ2n) is 3.76. The van der Waals surface area contributed by atoms with Crippen LogP contribution >= 0.6 is 20.2 Å². The molecule has 11 N–H and O–H groups in total. The molecule has 0 heterocycles. The summed E-state index contributed by atoms with van der Waals surface area (Å²) in [4.78, 5) is 20.4. The van der Waals surface area contributed by atoms with Crippen molar-refractivity contribution in [3.05, 3.63) is 0 Å². The van der Waals surface area contributed by atoms with E-state index in [1.54, 1.807) is 5.48 Å². The third kappa shape index (κ3) is 10.1. The van der Waals surface area contributed by atoms with E-state index in [2.05, 4.69) is 20.1 Å². The summed E-state index contributed by atoms with van der Waals surface area (Å²) >= 11 is 0. The maximum absolute atomic E-state index is 11.3. The monoisotopic (exact) mass is 426 g/mol. The van der Waals surface area contributed by atoms with Gasteiger partial charge in [0.05, 0.1) is 6.61 Å². The number of hydrazone groups is 1. The number of aliphatic hydroxyl groups is 5. The van der Waals surface area contributed by atoms with Crippen LogP contribution in [0.25, 0.3) is 0 Å². The Balaban J connectivity index is -0.00000220. The predicted octanol–water partition coefficient (Wildman–Crippen LogP) is -5.72. The van der Waals surface area contributed by atoms with Gasteiger partial charge in [0.25, 0.3) is 0 Å². The molecule has 0 spiro atoms. The predicted molar refractivity (Wildman–Crippen MR) is 82.9 cm³/mol. The van der Waals surface area contributed by atoms with Crippen molar-refractivity contribution in [3.8, 4) is 0 Å². The molecule has 0 saturated carbocycles. The number of hydroxylamine groups is 1. The molecule has 1 unspecified atom stereocenters.